The molecule has 2 amide bonds. The van der Waals surface area contributed by atoms with Crippen molar-refractivity contribution < 1.29 is 38.1 Å². The van der Waals surface area contributed by atoms with Gasteiger partial charge in [0.25, 0.3) is 0 Å². The third-order valence-electron chi connectivity index (χ3n) is 3.00. The molecule has 0 aromatic rings. The van der Waals surface area contributed by atoms with Gasteiger partial charge in [0, 0.05) is 25.2 Å². The first kappa shape index (κ1) is 24.7. The molecule has 0 atom stereocenters. The van der Waals surface area contributed by atoms with Gasteiger partial charge >= 0.3 is 24.1 Å². The molecule has 0 radical (unpaired) electrons. The molecular formula is C18H26N2O8. The molecule has 0 rings (SSSR count). The van der Waals surface area contributed by atoms with Crippen molar-refractivity contribution in [2.24, 2.45) is 5.41 Å². The van der Waals surface area contributed by atoms with Crippen LogP contribution in [-0.4, -0.2) is 64.1 Å². The average Bonchev–Trinajstić information content (AvgIpc) is 2.70. The Morgan fingerprint density at radius 2 is 1.25 bits per heavy atom. The molecule has 10 nitrogen and oxygen atoms in total. The van der Waals surface area contributed by atoms with Crippen molar-refractivity contribution in [1.29, 1.82) is 0 Å². The molecule has 0 aromatic carbocycles. The van der Waals surface area contributed by atoms with Gasteiger partial charge < -0.3 is 29.6 Å². The molecule has 0 fully saturated rings. The molecule has 0 heterocycles. The van der Waals surface area contributed by atoms with Crippen LogP contribution in [0.3, 0.4) is 0 Å². The minimum Gasteiger partial charge on any atom is -0.466 e. The van der Waals surface area contributed by atoms with E-state index in [4.69, 9.17) is 14.2 Å². The van der Waals surface area contributed by atoms with Crippen LogP contribution in [0, 0.1) is 5.41 Å². The Hall–Kier alpha value is -3.30. The highest BCUT2D eigenvalue weighted by Crippen LogP contribution is 2.19. The maximum atomic E-state index is 11.7. The zero-order valence-electron chi connectivity index (χ0n) is 16.0. The van der Waals surface area contributed by atoms with Gasteiger partial charge in [-0.25, -0.2) is 19.2 Å². The number of hydrogen-bond acceptors (Lipinski definition) is 8. The second-order valence-electron chi connectivity index (χ2n) is 5.77. The highest BCUT2D eigenvalue weighted by atomic mass is 16.6. The Balaban J connectivity index is 4.82. The summed E-state index contributed by atoms with van der Waals surface area (Å²) in [4.78, 5) is 45.9. The van der Waals surface area contributed by atoms with E-state index in [0.717, 1.165) is 12.2 Å². The number of hydrogen-bond donors (Lipinski definition) is 2. The van der Waals surface area contributed by atoms with Crippen molar-refractivity contribution in [3.8, 4) is 0 Å². The Morgan fingerprint density at radius 1 is 0.821 bits per heavy atom. The third-order valence-corrected chi connectivity index (χ3v) is 3.00. The van der Waals surface area contributed by atoms with Gasteiger partial charge in [-0.2, -0.15) is 0 Å². The normalized spacial score (nSPS) is 10.5. The van der Waals surface area contributed by atoms with Crippen LogP contribution in [0.1, 0.15) is 6.92 Å². The number of carbonyl (C=O) groups is 4. The van der Waals surface area contributed by atoms with E-state index >= 15 is 0 Å². The highest BCUT2D eigenvalue weighted by Gasteiger charge is 2.30. The number of methoxy groups -OCH3 is 1. The predicted molar refractivity (Wildman–Crippen MR) is 99.3 cm³/mol. The summed E-state index contributed by atoms with van der Waals surface area (Å²) in [6, 6.07) is 0. The molecule has 2 N–H and O–H groups in total. The van der Waals surface area contributed by atoms with Gasteiger partial charge in [-0.3, -0.25) is 0 Å². The Kier molecular flexibility index (Phi) is 12.2. The first-order valence-electron chi connectivity index (χ1n) is 8.22. The second-order valence-corrected chi connectivity index (χ2v) is 5.77. The van der Waals surface area contributed by atoms with E-state index in [0.29, 0.717) is 0 Å². The molecule has 0 aliphatic rings. The minimum atomic E-state index is -1.04. The number of carbonyl (C=O) groups excluding carboxylic acids is 4. The van der Waals surface area contributed by atoms with Gasteiger partial charge in [0.2, 0.25) is 0 Å². The first-order valence-corrected chi connectivity index (χ1v) is 8.22. The lowest BCUT2D eigenvalue weighted by molar-refractivity contribution is -0.143. The van der Waals surface area contributed by atoms with Crippen molar-refractivity contribution in [2.45, 2.75) is 6.92 Å². The molecule has 0 saturated carbocycles. The largest absolute Gasteiger partial charge is 0.466 e. The van der Waals surface area contributed by atoms with E-state index in [2.05, 4.69) is 28.5 Å². The lowest BCUT2D eigenvalue weighted by Gasteiger charge is -2.27. The lowest BCUT2D eigenvalue weighted by Crippen LogP contribution is -2.39. The van der Waals surface area contributed by atoms with Crippen LogP contribution in [0.5, 0.6) is 0 Å². The van der Waals surface area contributed by atoms with Crippen LogP contribution in [0.2, 0.25) is 0 Å². The SMILES string of the molecule is C=CCNC(=O)OCC(C)(COC(=O)C=CC(=O)OC)COC(=O)NCC=C. The predicted octanol–water partition coefficient (Wildman–Crippen LogP) is 1.09. The number of amides is 2. The number of alkyl carbamates (subject to hydrolysis) is 2. The third kappa shape index (κ3) is 12.1. The summed E-state index contributed by atoms with van der Waals surface area (Å²) >= 11 is 0. The molecule has 0 aromatic heterocycles. The average molecular weight is 398 g/mol. The Labute approximate surface area is 163 Å². The smallest absolute Gasteiger partial charge is 0.407 e. The van der Waals surface area contributed by atoms with Crippen LogP contribution < -0.4 is 10.6 Å². The lowest BCUT2D eigenvalue weighted by atomic mass is 9.94. The molecule has 156 valence electrons. The van der Waals surface area contributed by atoms with Crippen LogP contribution in [0.4, 0.5) is 9.59 Å². The second kappa shape index (κ2) is 13.8. The molecule has 0 spiro atoms. The number of rotatable bonds is 12. The van der Waals surface area contributed by atoms with E-state index < -0.39 is 29.5 Å². The molecule has 0 saturated heterocycles. The fourth-order valence-corrected chi connectivity index (χ4v) is 1.52. The number of esters is 2. The van der Waals surface area contributed by atoms with Gasteiger partial charge in [0.1, 0.15) is 19.8 Å². The Morgan fingerprint density at radius 3 is 1.68 bits per heavy atom. The van der Waals surface area contributed by atoms with Gasteiger partial charge in [0.05, 0.1) is 12.5 Å². The Bertz CT molecular complexity index is 572. The van der Waals surface area contributed by atoms with E-state index in [1.54, 1.807) is 6.92 Å². The molecule has 28 heavy (non-hydrogen) atoms. The zero-order chi connectivity index (χ0) is 21.4. The van der Waals surface area contributed by atoms with Crippen LogP contribution >= 0.6 is 0 Å². The van der Waals surface area contributed by atoms with Crippen molar-refractivity contribution in [3.05, 3.63) is 37.5 Å². The molecule has 0 unspecified atom stereocenters. The number of ether oxygens (including phenoxy) is 4. The number of nitrogens with one attached hydrogen (secondary N) is 2. The van der Waals surface area contributed by atoms with E-state index in [-0.39, 0.29) is 32.9 Å². The maximum Gasteiger partial charge on any atom is 0.407 e. The van der Waals surface area contributed by atoms with Gasteiger partial charge in [-0.15, -0.1) is 13.2 Å². The summed E-state index contributed by atoms with van der Waals surface area (Å²) in [5.41, 5.74) is -1.04. The molecule has 0 aliphatic carbocycles. The van der Waals surface area contributed by atoms with Gasteiger partial charge in [-0.1, -0.05) is 12.2 Å². The zero-order valence-corrected chi connectivity index (χ0v) is 16.0. The summed E-state index contributed by atoms with van der Waals surface area (Å²) in [5, 5.41) is 4.84. The van der Waals surface area contributed by atoms with Gasteiger partial charge in [-0.05, 0) is 6.92 Å². The van der Waals surface area contributed by atoms with Gasteiger partial charge in [0.15, 0.2) is 0 Å². The van der Waals surface area contributed by atoms with Crippen molar-refractivity contribution in [3.63, 3.8) is 0 Å². The maximum absolute atomic E-state index is 11.7. The van der Waals surface area contributed by atoms with Crippen LogP contribution in [-0.2, 0) is 28.5 Å². The first-order chi connectivity index (χ1) is 13.3. The van der Waals surface area contributed by atoms with Crippen LogP contribution in [0.15, 0.2) is 37.5 Å². The minimum absolute atomic E-state index is 0.210. The summed E-state index contributed by atoms with van der Waals surface area (Å²) in [5.74, 6) is -1.53. The van der Waals surface area contributed by atoms with Crippen molar-refractivity contribution in [1.82, 2.24) is 10.6 Å². The molecular weight excluding hydrogens is 372 g/mol. The van der Waals surface area contributed by atoms with Crippen molar-refractivity contribution >= 4 is 24.1 Å². The topological polar surface area (TPSA) is 129 Å². The van der Waals surface area contributed by atoms with E-state index in [1.165, 1.54) is 19.3 Å². The van der Waals surface area contributed by atoms with E-state index in [9.17, 15) is 19.2 Å². The van der Waals surface area contributed by atoms with Crippen LogP contribution in [0.25, 0.3) is 0 Å². The van der Waals surface area contributed by atoms with Crippen molar-refractivity contribution in [2.75, 3.05) is 40.0 Å². The molecule has 0 bridgehead atoms. The summed E-state index contributed by atoms with van der Waals surface area (Å²) < 4.78 is 19.5. The molecule has 0 aliphatic heterocycles. The van der Waals surface area contributed by atoms with E-state index in [1.807, 2.05) is 0 Å². The molecule has 10 heteroatoms. The monoisotopic (exact) mass is 398 g/mol. The summed E-state index contributed by atoms with van der Waals surface area (Å²) in [6.07, 6.45) is 3.32. The fourth-order valence-electron chi connectivity index (χ4n) is 1.52. The standard InChI is InChI=1S/C18H26N2O8/c1-5-9-19-16(23)27-12-18(3,13-28-17(24)20-10-6-2)11-26-15(22)8-7-14(21)25-4/h5-8H,1-2,9-13H2,3-4H3,(H,19,23)(H,20,24). The quantitative estimate of drug-likeness (QED) is 0.216. The summed E-state index contributed by atoms with van der Waals surface area (Å²) in [6.45, 7) is 8.27. The summed E-state index contributed by atoms with van der Waals surface area (Å²) in [7, 11) is 1.17. The highest BCUT2D eigenvalue weighted by molar-refractivity contribution is 5.91. The fraction of sp³-hybridized carbons (Fsp3) is 0.444.